The Labute approximate surface area is 213 Å². The Morgan fingerprint density at radius 3 is 2.47 bits per heavy atom. The predicted octanol–water partition coefficient (Wildman–Crippen LogP) is 5.02. The fraction of sp³-hybridized carbons (Fsp3) is 0.655. The van der Waals surface area contributed by atoms with Crippen LogP contribution < -0.4 is 20.1 Å². The van der Waals surface area contributed by atoms with Crippen LogP contribution in [0.15, 0.2) is 24.3 Å². The molecule has 2 N–H and O–H groups in total. The highest BCUT2D eigenvalue weighted by Crippen LogP contribution is 2.45. The number of ether oxygens (including phenoxy) is 2. The second-order valence-corrected chi connectivity index (χ2v) is 11.8. The monoisotopic (exact) mass is 498 g/mol. The number of allylic oxidation sites excluding steroid dienone is 1. The number of amides is 2. The van der Waals surface area contributed by atoms with Crippen LogP contribution in [0.2, 0.25) is 0 Å². The van der Waals surface area contributed by atoms with E-state index in [1.54, 1.807) is 0 Å². The second-order valence-electron chi connectivity index (χ2n) is 11.8. The maximum Gasteiger partial charge on any atom is 0.255 e. The molecule has 4 atom stereocenters. The Balaban J connectivity index is 1.30. The third-order valence-corrected chi connectivity index (χ3v) is 9.06. The zero-order chi connectivity index (χ0) is 25.4. The first-order chi connectivity index (χ1) is 17.3. The average Bonchev–Trinajstić information content (AvgIpc) is 3.45. The van der Waals surface area contributed by atoms with E-state index in [1.165, 1.54) is 25.7 Å². The fourth-order valence-corrected chi connectivity index (χ4v) is 6.48. The molecule has 6 nitrogen and oxygen atoms in total. The molecule has 1 aromatic rings. The lowest BCUT2D eigenvalue weighted by Gasteiger charge is -2.39. The largest absolute Gasteiger partial charge is 0.496 e. The van der Waals surface area contributed by atoms with Gasteiger partial charge in [-0.1, -0.05) is 32.4 Å². The van der Waals surface area contributed by atoms with Gasteiger partial charge in [-0.25, -0.2) is 4.39 Å². The highest BCUT2D eigenvalue weighted by molar-refractivity contribution is 5.98. The van der Waals surface area contributed by atoms with E-state index in [4.69, 9.17) is 9.47 Å². The number of nitrogens with one attached hydrogen (secondary N) is 2. The molecule has 1 aromatic carbocycles. The van der Waals surface area contributed by atoms with Gasteiger partial charge < -0.3 is 20.1 Å². The van der Waals surface area contributed by atoms with Crippen LogP contribution in [-0.2, 0) is 4.79 Å². The lowest BCUT2D eigenvalue weighted by Crippen LogP contribution is -2.50. The van der Waals surface area contributed by atoms with Crippen molar-refractivity contribution >= 4 is 11.8 Å². The number of halogens is 1. The van der Waals surface area contributed by atoms with Crippen molar-refractivity contribution in [1.82, 2.24) is 10.6 Å². The smallest absolute Gasteiger partial charge is 0.255 e. The molecular weight excluding hydrogens is 459 g/mol. The summed E-state index contributed by atoms with van der Waals surface area (Å²) < 4.78 is 26.2. The number of benzene rings is 1. The SMILES string of the molecule is COc1cc(F)c(OC2CCC(C)CC2)cc1C(=O)N[C@H]1[C@@H](C(=O)NCC2(C)CCC2)[C@@H]2C=C[C@H]1C2. The van der Waals surface area contributed by atoms with Gasteiger partial charge in [0.15, 0.2) is 11.6 Å². The normalized spacial score (nSPS) is 32.0. The lowest BCUT2D eigenvalue weighted by atomic mass is 9.70. The maximum atomic E-state index is 14.8. The Morgan fingerprint density at radius 1 is 1.08 bits per heavy atom. The number of rotatable bonds is 8. The molecule has 4 aliphatic rings. The van der Waals surface area contributed by atoms with Gasteiger partial charge in [0.1, 0.15) is 5.75 Å². The third-order valence-electron chi connectivity index (χ3n) is 9.06. The molecule has 0 unspecified atom stereocenters. The van der Waals surface area contributed by atoms with Crippen LogP contribution in [0.25, 0.3) is 0 Å². The summed E-state index contributed by atoms with van der Waals surface area (Å²) in [6.45, 7) is 5.11. The molecule has 0 aromatic heterocycles. The highest BCUT2D eigenvalue weighted by atomic mass is 19.1. The first kappa shape index (κ1) is 25.1. The van der Waals surface area contributed by atoms with Gasteiger partial charge in [0.05, 0.1) is 24.7 Å². The number of carbonyl (C=O) groups excluding carboxylic acids is 2. The zero-order valence-electron chi connectivity index (χ0n) is 21.6. The summed E-state index contributed by atoms with van der Waals surface area (Å²) in [5, 5.41) is 6.27. The van der Waals surface area contributed by atoms with Crippen molar-refractivity contribution < 1.29 is 23.5 Å². The molecular formula is C29H39FN2O4. The molecule has 0 saturated heterocycles. The average molecular weight is 499 g/mol. The Bertz CT molecular complexity index is 1030. The molecule has 3 saturated carbocycles. The van der Waals surface area contributed by atoms with Gasteiger partial charge in [-0.3, -0.25) is 9.59 Å². The Hall–Kier alpha value is -2.57. The summed E-state index contributed by atoms with van der Waals surface area (Å²) in [7, 11) is 1.42. The van der Waals surface area contributed by atoms with E-state index in [0.29, 0.717) is 12.5 Å². The van der Waals surface area contributed by atoms with Crippen LogP contribution in [0.4, 0.5) is 4.39 Å². The van der Waals surface area contributed by atoms with Gasteiger partial charge in [0.25, 0.3) is 5.91 Å². The molecule has 0 radical (unpaired) electrons. The number of carbonyl (C=O) groups is 2. The summed E-state index contributed by atoms with van der Waals surface area (Å²) in [6.07, 6.45) is 12.4. The standard InChI is InChI=1S/C29H39FN2O4/c1-17-5-9-20(10-6-17)36-24-14-21(23(35-3)15-22(24)30)27(33)32-26-19-8-7-18(13-19)25(26)28(34)31-16-29(2)11-4-12-29/h7-8,14-15,17-20,25-26H,4-6,9-13,16H2,1-3H3,(H,31,34)(H,32,33)/t17?,18-,19+,20?,25+,26-/m1/s1. The van der Waals surface area contributed by atoms with E-state index in [1.807, 2.05) is 0 Å². The van der Waals surface area contributed by atoms with E-state index in [9.17, 15) is 14.0 Å². The van der Waals surface area contributed by atoms with Gasteiger partial charge in [-0.05, 0) is 74.2 Å². The van der Waals surface area contributed by atoms with Gasteiger partial charge in [0, 0.05) is 18.7 Å². The van der Waals surface area contributed by atoms with Crippen molar-refractivity contribution in [3.05, 3.63) is 35.7 Å². The predicted molar refractivity (Wildman–Crippen MR) is 135 cm³/mol. The minimum atomic E-state index is -0.536. The second kappa shape index (κ2) is 10.1. The number of hydrogen-bond acceptors (Lipinski definition) is 4. The fourth-order valence-electron chi connectivity index (χ4n) is 6.48. The summed E-state index contributed by atoms with van der Waals surface area (Å²) in [6, 6.07) is 2.37. The van der Waals surface area contributed by atoms with Crippen LogP contribution in [0.5, 0.6) is 11.5 Å². The molecule has 7 heteroatoms. The molecule has 0 aliphatic heterocycles. The van der Waals surface area contributed by atoms with E-state index >= 15 is 0 Å². The molecule has 196 valence electrons. The minimum absolute atomic E-state index is 0.00638. The first-order valence-corrected chi connectivity index (χ1v) is 13.6. The summed E-state index contributed by atoms with van der Waals surface area (Å²) in [4.78, 5) is 26.7. The Morgan fingerprint density at radius 2 is 1.81 bits per heavy atom. The molecule has 5 rings (SSSR count). The van der Waals surface area contributed by atoms with E-state index in [2.05, 4.69) is 36.6 Å². The van der Waals surface area contributed by atoms with Crippen molar-refractivity contribution in [1.29, 1.82) is 0 Å². The highest BCUT2D eigenvalue weighted by Gasteiger charge is 2.49. The number of hydrogen-bond donors (Lipinski definition) is 2. The van der Waals surface area contributed by atoms with E-state index in [0.717, 1.165) is 44.9 Å². The first-order valence-electron chi connectivity index (χ1n) is 13.6. The van der Waals surface area contributed by atoms with E-state index < -0.39 is 5.82 Å². The van der Waals surface area contributed by atoms with Gasteiger partial charge in [0.2, 0.25) is 5.91 Å². The molecule has 3 fully saturated rings. The molecule has 0 spiro atoms. The van der Waals surface area contributed by atoms with Crippen molar-refractivity contribution in [2.45, 2.75) is 77.4 Å². The van der Waals surface area contributed by atoms with Crippen LogP contribution in [0.3, 0.4) is 0 Å². The lowest BCUT2D eigenvalue weighted by molar-refractivity contribution is -0.127. The summed E-state index contributed by atoms with van der Waals surface area (Å²) in [5.74, 6) is -0.0770. The van der Waals surface area contributed by atoms with Crippen LogP contribution in [-0.4, -0.2) is 37.6 Å². The molecule has 2 bridgehead atoms. The molecule has 36 heavy (non-hydrogen) atoms. The number of methoxy groups -OCH3 is 1. The van der Waals surface area contributed by atoms with Crippen molar-refractivity contribution in [3.63, 3.8) is 0 Å². The topological polar surface area (TPSA) is 76.7 Å². The Kier molecular flexibility index (Phi) is 7.01. The number of fused-ring (bicyclic) bond motifs is 2. The minimum Gasteiger partial charge on any atom is -0.496 e. The zero-order valence-corrected chi connectivity index (χ0v) is 21.6. The quantitative estimate of drug-likeness (QED) is 0.494. The van der Waals surface area contributed by atoms with Crippen molar-refractivity contribution in [2.24, 2.45) is 29.1 Å². The molecule has 0 heterocycles. The van der Waals surface area contributed by atoms with Crippen LogP contribution in [0.1, 0.15) is 75.6 Å². The van der Waals surface area contributed by atoms with Crippen LogP contribution >= 0.6 is 0 Å². The van der Waals surface area contributed by atoms with Gasteiger partial charge >= 0.3 is 0 Å². The van der Waals surface area contributed by atoms with E-state index in [-0.39, 0.29) is 64.2 Å². The van der Waals surface area contributed by atoms with Crippen molar-refractivity contribution in [2.75, 3.05) is 13.7 Å². The molecule has 4 aliphatic carbocycles. The summed E-state index contributed by atoms with van der Waals surface area (Å²) in [5.41, 5.74) is 0.418. The van der Waals surface area contributed by atoms with Crippen molar-refractivity contribution in [3.8, 4) is 11.5 Å². The molecule has 2 amide bonds. The van der Waals surface area contributed by atoms with Crippen LogP contribution in [0, 0.1) is 34.9 Å². The van der Waals surface area contributed by atoms with Gasteiger partial charge in [-0.2, -0.15) is 0 Å². The summed E-state index contributed by atoms with van der Waals surface area (Å²) >= 11 is 0. The maximum absolute atomic E-state index is 14.8. The third kappa shape index (κ3) is 4.98. The van der Waals surface area contributed by atoms with Gasteiger partial charge in [-0.15, -0.1) is 0 Å².